The summed E-state index contributed by atoms with van der Waals surface area (Å²) in [5, 5.41) is 0. The molecule has 0 aliphatic heterocycles. The SMILES string of the molecule is CCN(CC(N)=O)C(CN)c1cccc(C)c1. The summed E-state index contributed by atoms with van der Waals surface area (Å²) >= 11 is 0. The molecule has 0 heterocycles. The number of carbonyl (C=O) groups is 1. The number of aryl methyl sites for hydroxylation is 1. The van der Waals surface area contributed by atoms with E-state index in [1.165, 1.54) is 5.56 Å². The van der Waals surface area contributed by atoms with Gasteiger partial charge in [0.25, 0.3) is 0 Å². The van der Waals surface area contributed by atoms with Crippen LogP contribution in [0.2, 0.25) is 0 Å². The van der Waals surface area contributed by atoms with Crippen molar-refractivity contribution in [3.05, 3.63) is 35.4 Å². The zero-order chi connectivity index (χ0) is 12.8. The van der Waals surface area contributed by atoms with E-state index in [2.05, 4.69) is 6.07 Å². The summed E-state index contributed by atoms with van der Waals surface area (Å²) < 4.78 is 0. The maximum atomic E-state index is 11.0. The first-order valence-corrected chi connectivity index (χ1v) is 5.87. The molecule has 0 aliphatic rings. The maximum Gasteiger partial charge on any atom is 0.231 e. The first-order chi connectivity index (χ1) is 8.08. The highest BCUT2D eigenvalue weighted by molar-refractivity contribution is 5.76. The van der Waals surface area contributed by atoms with Crippen LogP contribution in [-0.2, 0) is 4.79 Å². The van der Waals surface area contributed by atoms with Crippen molar-refractivity contribution in [2.75, 3.05) is 19.6 Å². The van der Waals surface area contributed by atoms with Crippen LogP contribution in [-0.4, -0.2) is 30.4 Å². The van der Waals surface area contributed by atoms with E-state index in [9.17, 15) is 4.79 Å². The Morgan fingerprint density at radius 2 is 2.18 bits per heavy atom. The molecule has 94 valence electrons. The molecule has 1 atom stereocenters. The average Bonchev–Trinajstić information content (AvgIpc) is 2.28. The largest absolute Gasteiger partial charge is 0.369 e. The lowest BCUT2D eigenvalue weighted by Gasteiger charge is -2.29. The molecule has 0 fully saturated rings. The van der Waals surface area contributed by atoms with Crippen LogP contribution in [0.4, 0.5) is 0 Å². The van der Waals surface area contributed by atoms with E-state index in [4.69, 9.17) is 11.5 Å². The summed E-state index contributed by atoms with van der Waals surface area (Å²) in [5.74, 6) is -0.321. The number of hydrogen-bond donors (Lipinski definition) is 2. The van der Waals surface area contributed by atoms with Gasteiger partial charge < -0.3 is 11.5 Å². The molecule has 1 unspecified atom stereocenters. The molecule has 0 saturated heterocycles. The average molecular weight is 235 g/mol. The Bertz CT molecular complexity index is 379. The fourth-order valence-electron chi connectivity index (χ4n) is 2.02. The molecule has 0 saturated carbocycles. The van der Waals surface area contributed by atoms with E-state index >= 15 is 0 Å². The molecule has 4 N–H and O–H groups in total. The molecule has 1 aromatic rings. The minimum atomic E-state index is -0.321. The van der Waals surface area contributed by atoms with Crippen molar-refractivity contribution in [3.8, 4) is 0 Å². The third-order valence-electron chi connectivity index (χ3n) is 2.86. The van der Waals surface area contributed by atoms with E-state index in [-0.39, 0.29) is 18.5 Å². The summed E-state index contributed by atoms with van der Waals surface area (Å²) in [6, 6.07) is 8.23. The zero-order valence-corrected chi connectivity index (χ0v) is 10.5. The van der Waals surface area contributed by atoms with Crippen molar-refractivity contribution in [3.63, 3.8) is 0 Å². The first-order valence-electron chi connectivity index (χ1n) is 5.87. The second kappa shape index (κ2) is 6.37. The Balaban J connectivity index is 2.92. The highest BCUT2D eigenvalue weighted by Crippen LogP contribution is 2.20. The fourth-order valence-corrected chi connectivity index (χ4v) is 2.02. The summed E-state index contributed by atoms with van der Waals surface area (Å²) in [4.78, 5) is 13.0. The summed E-state index contributed by atoms with van der Waals surface area (Å²) in [7, 11) is 0. The van der Waals surface area contributed by atoms with Crippen molar-refractivity contribution < 1.29 is 4.79 Å². The van der Waals surface area contributed by atoms with Gasteiger partial charge in [-0.05, 0) is 19.0 Å². The summed E-state index contributed by atoms with van der Waals surface area (Å²) in [5.41, 5.74) is 13.4. The molecule has 4 heteroatoms. The smallest absolute Gasteiger partial charge is 0.231 e. The predicted molar refractivity (Wildman–Crippen MR) is 69.4 cm³/mol. The van der Waals surface area contributed by atoms with Crippen LogP contribution in [0.1, 0.15) is 24.1 Å². The van der Waals surface area contributed by atoms with Crippen molar-refractivity contribution in [2.24, 2.45) is 11.5 Å². The molecule has 0 radical (unpaired) electrons. The van der Waals surface area contributed by atoms with E-state index in [0.29, 0.717) is 6.54 Å². The Morgan fingerprint density at radius 1 is 1.47 bits per heavy atom. The summed E-state index contributed by atoms with van der Waals surface area (Å²) in [6.45, 7) is 5.51. The number of nitrogens with two attached hydrogens (primary N) is 2. The monoisotopic (exact) mass is 235 g/mol. The molecule has 0 bridgehead atoms. The highest BCUT2D eigenvalue weighted by Gasteiger charge is 2.19. The molecular weight excluding hydrogens is 214 g/mol. The Labute approximate surface area is 103 Å². The van der Waals surface area contributed by atoms with Crippen LogP contribution in [0.5, 0.6) is 0 Å². The zero-order valence-electron chi connectivity index (χ0n) is 10.5. The molecular formula is C13H21N3O. The lowest BCUT2D eigenvalue weighted by molar-refractivity contribution is -0.119. The number of primary amides is 1. The third kappa shape index (κ3) is 3.84. The van der Waals surface area contributed by atoms with E-state index in [1.807, 2.05) is 36.9 Å². The number of hydrogen-bond acceptors (Lipinski definition) is 3. The van der Waals surface area contributed by atoms with Crippen molar-refractivity contribution in [1.82, 2.24) is 4.90 Å². The third-order valence-corrected chi connectivity index (χ3v) is 2.86. The number of likely N-dealkylation sites (N-methyl/N-ethyl adjacent to an activating group) is 1. The van der Waals surface area contributed by atoms with Gasteiger partial charge in [-0.3, -0.25) is 9.69 Å². The standard InChI is InChI=1S/C13H21N3O/c1-3-16(9-13(15)17)12(8-14)11-6-4-5-10(2)7-11/h4-7,12H,3,8-9,14H2,1-2H3,(H2,15,17). The van der Waals surface area contributed by atoms with Crippen LogP contribution >= 0.6 is 0 Å². The van der Waals surface area contributed by atoms with E-state index < -0.39 is 0 Å². The predicted octanol–water partition coefficient (Wildman–Crippen LogP) is 0.802. The molecule has 0 aliphatic carbocycles. The Morgan fingerprint density at radius 3 is 2.65 bits per heavy atom. The Hall–Kier alpha value is -1.39. The van der Waals surface area contributed by atoms with Gasteiger partial charge in [0, 0.05) is 12.6 Å². The van der Waals surface area contributed by atoms with Crippen LogP contribution < -0.4 is 11.5 Å². The highest BCUT2D eigenvalue weighted by atomic mass is 16.1. The Kier molecular flexibility index (Phi) is 5.12. The number of benzene rings is 1. The molecule has 1 rings (SSSR count). The van der Waals surface area contributed by atoms with Crippen molar-refractivity contribution in [2.45, 2.75) is 19.9 Å². The molecule has 0 aromatic heterocycles. The minimum absolute atomic E-state index is 0.0485. The van der Waals surface area contributed by atoms with Gasteiger partial charge in [0.1, 0.15) is 0 Å². The van der Waals surface area contributed by atoms with Crippen LogP contribution in [0, 0.1) is 6.92 Å². The number of rotatable bonds is 6. The van der Waals surface area contributed by atoms with Gasteiger partial charge in [0.15, 0.2) is 0 Å². The molecule has 1 amide bonds. The second-order valence-corrected chi connectivity index (χ2v) is 4.20. The van der Waals surface area contributed by atoms with Gasteiger partial charge in [-0.15, -0.1) is 0 Å². The minimum Gasteiger partial charge on any atom is -0.369 e. The lowest BCUT2D eigenvalue weighted by atomic mass is 10.0. The van der Waals surface area contributed by atoms with Crippen molar-refractivity contribution >= 4 is 5.91 Å². The first kappa shape index (κ1) is 13.7. The quantitative estimate of drug-likeness (QED) is 0.766. The number of carbonyl (C=O) groups excluding carboxylic acids is 1. The molecule has 0 spiro atoms. The van der Waals surface area contributed by atoms with E-state index in [1.54, 1.807) is 0 Å². The number of nitrogens with zero attached hydrogens (tertiary/aromatic N) is 1. The van der Waals surface area contributed by atoms with Gasteiger partial charge in [-0.25, -0.2) is 0 Å². The number of amides is 1. The summed E-state index contributed by atoms with van der Waals surface area (Å²) in [6.07, 6.45) is 0. The topological polar surface area (TPSA) is 72.3 Å². The molecule has 4 nitrogen and oxygen atoms in total. The molecule has 1 aromatic carbocycles. The van der Waals surface area contributed by atoms with Gasteiger partial charge in [0.2, 0.25) is 5.91 Å². The van der Waals surface area contributed by atoms with Gasteiger partial charge in [0.05, 0.1) is 6.54 Å². The van der Waals surface area contributed by atoms with Crippen LogP contribution in [0.25, 0.3) is 0 Å². The second-order valence-electron chi connectivity index (χ2n) is 4.20. The van der Waals surface area contributed by atoms with Gasteiger partial charge in [-0.2, -0.15) is 0 Å². The van der Waals surface area contributed by atoms with Crippen molar-refractivity contribution in [1.29, 1.82) is 0 Å². The van der Waals surface area contributed by atoms with E-state index in [0.717, 1.165) is 12.1 Å². The van der Waals surface area contributed by atoms with Crippen LogP contribution in [0.15, 0.2) is 24.3 Å². The molecule has 17 heavy (non-hydrogen) atoms. The lowest BCUT2D eigenvalue weighted by Crippen LogP contribution is -2.39. The fraction of sp³-hybridized carbons (Fsp3) is 0.462. The van der Waals surface area contributed by atoms with Gasteiger partial charge >= 0.3 is 0 Å². The van der Waals surface area contributed by atoms with Gasteiger partial charge in [-0.1, -0.05) is 36.8 Å². The normalized spacial score (nSPS) is 12.7. The maximum absolute atomic E-state index is 11.0. The van der Waals surface area contributed by atoms with Crippen LogP contribution in [0.3, 0.4) is 0 Å².